The monoisotopic (exact) mass is 263 g/mol. The second kappa shape index (κ2) is 5.62. The summed E-state index contributed by atoms with van der Waals surface area (Å²) in [7, 11) is 0. The maximum absolute atomic E-state index is 4.89. The van der Waals surface area contributed by atoms with E-state index in [1.165, 1.54) is 16.7 Å². The quantitative estimate of drug-likeness (QED) is 0.723. The molecule has 1 aliphatic rings. The van der Waals surface area contributed by atoms with Crippen LogP contribution in [0.1, 0.15) is 48.9 Å². The number of benzene rings is 2. The van der Waals surface area contributed by atoms with Crippen LogP contribution in [0.5, 0.6) is 0 Å². The van der Waals surface area contributed by atoms with Crippen molar-refractivity contribution in [2.24, 2.45) is 10.9 Å². The van der Waals surface area contributed by atoms with Crippen molar-refractivity contribution in [3.05, 3.63) is 71.3 Å². The fourth-order valence-electron chi connectivity index (χ4n) is 3.40. The zero-order chi connectivity index (χ0) is 13.9. The van der Waals surface area contributed by atoms with Crippen LogP contribution in [0.4, 0.5) is 0 Å². The van der Waals surface area contributed by atoms with Crippen molar-refractivity contribution in [2.45, 2.75) is 32.2 Å². The molecule has 0 N–H and O–H groups in total. The lowest BCUT2D eigenvalue weighted by Gasteiger charge is -2.27. The van der Waals surface area contributed by atoms with Gasteiger partial charge in [-0.3, -0.25) is 4.99 Å². The number of aliphatic imine (C=N–C) groups is 1. The minimum absolute atomic E-state index is 0.258. The molecule has 2 aromatic rings. The normalized spacial score (nSPS) is 25.0. The molecule has 1 heterocycles. The molecule has 0 radical (unpaired) electrons. The van der Waals surface area contributed by atoms with E-state index in [4.69, 9.17) is 4.99 Å². The van der Waals surface area contributed by atoms with E-state index < -0.39 is 0 Å². The van der Waals surface area contributed by atoms with E-state index in [-0.39, 0.29) is 6.04 Å². The maximum atomic E-state index is 4.89. The fourth-order valence-corrected chi connectivity index (χ4v) is 3.40. The summed E-state index contributed by atoms with van der Waals surface area (Å²) in [5.74, 6) is 1.08. The largest absolute Gasteiger partial charge is 0.284 e. The molecule has 2 aromatic carbocycles. The van der Waals surface area contributed by atoms with Crippen LogP contribution in [0, 0.1) is 5.92 Å². The van der Waals surface area contributed by atoms with Crippen molar-refractivity contribution < 1.29 is 0 Å². The van der Waals surface area contributed by atoms with E-state index >= 15 is 0 Å². The third kappa shape index (κ3) is 2.29. The Morgan fingerprint density at radius 3 is 2.40 bits per heavy atom. The molecule has 3 rings (SSSR count). The zero-order valence-electron chi connectivity index (χ0n) is 12.2. The highest BCUT2D eigenvalue weighted by atomic mass is 14.8. The summed E-state index contributed by atoms with van der Waals surface area (Å²) in [4.78, 5) is 4.89. The molecular formula is C19H21N. The Hall–Kier alpha value is -1.89. The first kappa shape index (κ1) is 13.1. The van der Waals surface area contributed by atoms with Crippen molar-refractivity contribution in [3.63, 3.8) is 0 Å². The molecule has 0 unspecified atom stereocenters. The van der Waals surface area contributed by atoms with E-state index in [0.29, 0.717) is 11.8 Å². The second-order valence-electron chi connectivity index (χ2n) is 5.64. The van der Waals surface area contributed by atoms with Crippen molar-refractivity contribution in [2.75, 3.05) is 0 Å². The molecule has 0 saturated carbocycles. The minimum atomic E-state index is 0.258. The van der Waals surface area contributed by atoms with Crippen molar-refractivity contribution in [3.8, 4) is 0 Å². The standard InChI is InChI=1S/C19H21N/c1-3-17-14(2)19(15-9-5-4-6-10-15)20-13-16-11-7-8-12-18(16)17/h4-14,17,19H,3H2,1-2H3/t14-,17-,19-/m1/s1. The molecule has 3 atom stereocenters. The molecule has 0 bridgehead atoms. The van der Waals surface area contributed by atoms with E-state index in [0.717, 1.165) is 6.42 Å². The summed E-state index contributed by atoms with van der Waals surface area (Å²) in [5, 5.41) is 0. The van der Waals surface area contributed by atoms with Gasteiger partial charge in [-0.25, -0.2) is 0 Å². The molecule has 1 aliphatic heterocycles. The van der Waals surface area contributed by atoms with Crippen LogP contribution in [0.2, 0.25) is 0 Å². The molecule has 0 spiro atoms. The van der Waals surface area contributed by atoms with Crippen LogP contribution in [0.15, 0.2) is 59.6 Å². The van der Waals surface area contributed by atoms with Gasteiger partial charge < -0.3 is 0 Å². The van der Waals surface area contributed by atoms with Gasteiger partial charge in [0, 0.05) is 6.21 Å². The third-order valence-electron chi connectivity index (χ3n) is 4.48. The van der Waals surface area contributed by atoms with Crippen molar-refractivity contribution in [1.82, 2.24) is 0 Å². The van der Waals surface area contributed by atoms with Crippen LogP contribution in [-0.2, 0) is 0 Å². The highest BCUT2D eigenvalue weighted by Gasteiger charge is 2.29. The number of hydrogen-bond donors (Lipinski definition) is 0. The Morgan fingerprint density at radius 1 is 0.950 bits per heavy atom. The van der Waals surface area contributed by atoms with Gasteiger partial charge in [0.2, 0.25) is 0 Å². The molecular weight excluding hydrogens is 242 g/mol. The van der Waals surface area contributed by atoms with Crippen LogP contribution in [0.3, 0.4) is 0 Å². The molecule has 20 heavy (non-hydrogen) atoms. The third-order valence-corrected chi connectivity index (χ3v) is 4.48. The van der Waals surface area contributed by atoms with Gasteiger partial charge in [0.1, 0.15) is 0 Å². The van der Waals surface area contributed by atoms with E-state index in [1.54, 1.807) is 0 Å². The van der Waals surface area contributed by atoms with Crippen molar-refractivity contribution >= 4 is 6.21 Å². The summed E-state index contributed by atoms with van der Waals surface area (Å²) in [5.41, 5.74) is 4.05. The summed E-state index contributed by atoms with van der Waals surface area (Å²) in [6.07, 6.45) is 3.23. The van der Waals surface area contributed by atoms with Gasteiger partial charge in [0.15, 0.2) is 0 Å². The Kier molecular flexibility index (Phi) is 3.68. The Labute approximate surface area is 121 Å². The predicted molar refractivity (Wildman–Crippen MR) is 85.4 cm³/mol. The van der Waals surface area contributed by atoms with Gasteiger partial charge in [-0.15, -0.1) is 0 Å². The number of nitrogens with zero attached hydrogens (tertiary/aromatic N) is 1. The minimum Gasteiger partial charge on any atom is -0.284 e. The topological polar surface area (TPSA) is 12.4 Å². The van der Waals surface area contributed by atoms with Crippen LogP contribution >= 0.6 is 0 Å². The summed E-state index contributed by atoms with van der Waals surface area (Å²) in [6.45, 7) is 4.62. The Balaban J connectivity index is 2.05. The molecule has 0 aromatic heterocycles. The maximum Gasteiger partial charge on any atom is 0.0780 e. The lowest BCUT2D eigenvalue weighted by atomic mass is 9.78. The summed E-state index contributed by atoms with van der Waals surface area (Å²) >= 11 is 0. The molecule has 0 fully saturated rings. The number of rotatable bonds is 2. The van der Waals surface area contributed by atoms with Gasteiger partial charge in [-0.05, 0) is 34.9 Å². The van der Waals surface area contributed by atoms with E-state index in [2.05, 4.69) is 74.7 Å². The smallest absolute Gasteiger partial charge is 0.0780 e. The summed E-state index contributed by atoms with van der Waals surface area (Å²) < 4.78 is 0. The fraction of sp³-hybridized carbons (Fsp3) is 0.316. The summed E-state index contributed by atoms with van der Waals surface area (Å²) in [6, 6.07) is 19.6. The molecule has 0 saturated heterocycles. The lowest BCUT2D eigenvalue weighted by molar-refractivity contribution is 0.383. The zero-order valence-corrected chi connectivity index (χ0v) is 12.2. The van der Waals surface area contributed by atoms with Gasteiger partial charge >= 0.3 is 0 Å². The van der Waals surface area contributed by atoms with Gasteiger partial charge in [-0.2, -0.15) is 0 Å². The SMILES string of the molecule is CC[C@H]1c2ccccc2C=N[C@@H](c2ccccc2)[C@@H]1C. The van der Waals surface area contributed by atoms with E-state index in [9.17, 15) is 0 Å². The van der Waals surface area contributed by atoms with Crippen molar-refractivity contribution in [1.29, 1.82) is 0 Å². The number of hydrogen-bond acceptors (Lipinski definition) is 1. The first-order chi connectivity index (χ1) is 9.81. The lowest BCUT2D eigenvalue weighted by Crippen LogP contribution is -2.15. The average molecular weight is 263 g/mol. The molecule has 1 nitrogen and oxygen atoms in total. The number of fused-ring (bicyclic) bond motifs is 1. The predicted octanol–water partition coefficient (Wildman–Crippen LogP) is 4.99. The Morgan fingerprint density at radius 2 is 1.65 bits per heavy atom. The average Bonchev–Trinajstić information content (AvgIpc) is 2.64. The first-order valence-corrected chi connectivity index (χ1v) is 7.48. The molecule has 0 aliphatic carbocycles. The second-order valence-corrected chi connectivity index (χ2v) is 5.64. The van der Waals surface area contributed by atoms with Gasteiger partial charge in [-0.1, -0.05) is 68.4 Å². The molecule has 1 heteroatoms. The molecule has 0 amide bonds. The van der Waals surface area contributed by atoms with E-state index in [1.807, 2.05) is 0 Å². The Bertz CT molecular complexity index is 600. The van der Waals surface area contributed by atoms with Gasteiger partial charge in [0.05, 0.1) is 6.04 Å². The first-order valence-electron chi connectivity index (χ1n) is 7.48. The molecule has 102 valence electrons. The highest BCUT2D eigenvalue weighted by molar-refractivity contribution is 5.82. The van der Waals surface area contributed by atoms with Crippen LogP contribution in [0.25, 0.3) is 0 Å². The van der Waals surface area contributed by atoms with Gasteiger partial charge in [0.25, 0.3) is 0 Å². The highest BCUT2D eigenvalue weighted by Crippen LogP contribution is 2.41. The van der Waals surface area contributed by atoms with Crippen LogP contribution in [-0.4, -0.2) is 6.21 Å². The van der Waals surface area contributed by atoms with Crippen LogP contribution < -0.4 is 0 Å².